The van der Waals surface area contributed by atoms with Crippen molar-refractivity contribution in [2.75, 3.05) is 5.73 Å². The van der Waals surface area contributed by atoms with Gasteiger partial charge in [0.1, 0.15) is 5.52 Å². The number of hydrogen-bond donors (Lipinski definition) is 1. The second-order valence-electron chi connectivity index (χ2n) is 3.65. The van der Waals surface area contributed by atoms with Crippen molar-refractivity contribution in [3.05, 3.63) is 35.7 Å². The van der Waals surface area contributed by atoms with Gasteiger partial charge in [-0.3, -0.25) is 0 Å². The Labute approximate surface area is 88.6 Å². The van der Waals surface area contributed by atoms with Crippen LogP contribution in [0.1, 0.15) is 19.7 Å². The van der Waals surface area contributed by atoms with E-state index in [0.717, 1.165) is 23.4 Å². The van der Waals surface area contributed by atoms with Crippen molar-refractivity contribution in [3.8, 4) is 0 Å². The maximum absolute atomic E-state index is 5.67. The van der Waals surface area contributed by atoms with E-state index < -0.39 is 0 Å². The molecule has 2 N–H and O–H groups in total. The highest BCUT2D eigenvalue weighted by molar-refractivity contribution is 5.76. The predicted molar refractivity (Wildman–Crippen MR) is 61.6 cm³/mol. The zero-order chi connectivity index (χ0) is 10.8. The van der Waals surface area contributed by atoms with Crippen LogP contribution in [0.4, 0.5) is 5.69 Å². The van der Waals surface area contributed by atoms with Gasteiger partial charge in [-0.05, 0) is 32.0 Å². The second kappa shape index (κ2) is 3.77. The van der Waals surface area contributed by atoms with Crippen LogP contribution >= 0.6 is 0 Å². The summed E-state index contributed by atoms with van der Waals surface area (Å²) in [5.41, 5.74) is 9.25. The largest absolute Gasteiger partial charge is 0.440 e. The van der Waals surface area contributed by atoms with Gasteiger partial charge >= 0.3 is 0 Å². The Morgan fingerprint density at radius 1 is 1.53 bits per heavy atom. The van der Waals surface area contributed by atoms with E-state index in [4.69, 9.17) is 10.2 Å². The van der Waals surface area contributed by atoms with Crippen LogP contribution < -0.4 is 5.73 Å². The average Bonchev–Trinajstić information content (AvgIpc) is 2.59. The highest BCUT2D eigenvalue weighted by atomic mass is 16.3. The van der Waals surface area contributed by atoms with Gasteiger partial charge in [0.2, 0.25) is 0 Å². The van der Waals surface area contributed by atoms with Crippen LogP contribution in [0, 0.1) is 0 Å². The van der Waals surface area contributed by atoms with Gasteiger partial charge in [-0.15, -0.1) is 0 Å². The summed E-state index contributed by atoms with van der Waals surface area (Å²) in [4.78, 5) is 4.37. The lowest BCUT2D eigenvalue weighted by Crippen LogP contribution is -1.85. The molecule has 0 unspecified atom stereocenters. The van der Waals surface area contributed by atoms with Crippen LogP contribution in [0.2, 0.25) is 0 Å². The number of fused-ring (bicyclic) bond motifs is 1. The zero-order valence-electron chi connectivity index (χ0n) is 8.95. The molecular formula is C12H14N2O. The molecule has 0 spiro atoms. The van der Waals surface area contributed by atoms with Crippen molar-refractivity contribution in [2.45, 2.75) is 20.3 Å². The molecule has 3 nitrogen and oxygen atoms in total. The van der Waals surface area contributed by atoms with E-state index >= 15 is 0 Å². The summed E-state index contributed by atoms with van der Waals surface area (Å²) in [7, 11) is 0. The molecule has 0 aliphatic heterocycles. The van der Waals surface area contributed by atoms with E-state index in [-0.39, 0.29) is 0 Å². The van der Waals surface area contributed by atoms with E-state index in [1.165, 1.54) is 5.57 Å². The molecule has 0 saturated carbocycles. The number of hydrogen-bond acceptors (Lipinski definition) is 3. The summed E-state index contributed by atoms with van der Waals surface area (Å²) in [6.07, 6.45) is 2.81. The molecule has 0 fully saturated rings. The number of benzene rings is 1. The minimum Gasteiger partial charge on any atom is -0.440 e. The standard InChI is InChI=1S/C12H14N2O/c1-3-8(2)6-12-14-10-7-9(13)4-5-11(10)15-12/h3-5,7H,6,13H2,1-2H3/b8-3+. The van der Waals surface area contributed by atoms with Gasteiger partial charge in [-0.1, -0.05) is 11.6 Å². The molecule has 0 bridgehead atoms. The Hall–Kier alpha value is -1.77. The van der Waals surface area contributed by atoms with Gasteiger partial charge in [0.05, 0.1) is 0 Å². The topological polar surface area (TPSA) is 52.0 Å². The molecule has 15 heavy (non-hydrogen) atoms. The van der Waals surface area contributed by atoms with Crippen molar-refractivity contribution in [1.29, 1.82) is 0 Å². The minimum atomic E-state index is 0.713. The normalized spacial score (nSPS) is 12.3. The molecule has 0 saturated heterocycles. The number of nitrogens with two attached hydrogens (primary N) is 1. The van der Waals surface area contributed by atoms with Crippen LogP contribution in [0.15, 0.2) is 34.3 Å². The highest BCUT2D eigenvalue weighted by Gasteiger charge is 2.05. The monoisotopic (exact) mass is 202 g/mol. The number of oxazole rings is 1. The Kier molecular flexibility index (Phi) is 2.46. The molecule has 2 rings (SSSR count). The Morgan fingerprint density at radius 2 is 2.33 bits per heavy atom. The maximum atomic E-state index is 5.67. The molecule has 1 aromatic heterocycles. The van der Waals surface area contributed by atoms with Crippen molar-refractivity contribution in [3.63, 3.8) is 0 Å². The third kappa shape index (κ3) is 2.01. The first-order valence-electron chi connectivity index (χ1n) is 4.96. The van der Waals surface area contributed by atoms with Crippen molar-refractivity contribution < 1.29 is 4.42 Å². The van der Waals surface area contributed by atoms with Gasteiger partial charge in [0.15, 0.2) is 11.5 Å². The molecule has 0 aliphatic carbocycles. The van der Waals surface area contributed by atoms with Crippen molar-refractivity contribution in [1.82, 2.24) is 4.98 Å². The summed E-state index contributed by atoms with van der Waals surface area (Å²) >= 11 is 0. The molecule has 1 aromatic carbocycles. The number of nitrogens with zero attached hydrogens (tertiary/aromatic N) is 1. The zero-order valence-corrected chi connectivity index (χ0v) is 8.95. The van der Waals surface area contributed by atoms with Gasteiger partial charge in [-0.25, -0.2) is 4.98 Å². The van der Waals surface area contributed by atoms with Crippen LogP contribution in [-0.4, -0.2) is 4.98 Å². The number of allylic oxidation sites excluding steroid dienone is 2. The van der Waals surface area contributed by atoms with Crippen molar-refractivity contribution in [2.24, 2.45) is 0 Å². The fourth-order valence-electron chi connectivity index (χ4n) is 1.41. The van der Waals surface area contributed by atoms with E-state index in [9.17, 15) is 0 Å². The van der Waals surface area contributed by atoms with Gasteiger partial charge in [0.25, 0.3) is 0 Å². The number of nitrogen functional groups attached to an aromatic ring is 1. The molecular weight excluding hydrogens is 188 g/mol. The second-order valence-corrected chi connectivity index (χ2v) is 3.65. The molecule has 78 valence electrons. The van der Waals surface area contributed by atoms with E-state index in [1.54, 1.807) is 0 Å². The van der Waals surface area contributed by atoms with Crippen LogP contribution in [0.5, 0.6) is 0 Å². The molecule has 3 heteroatoms. The number of anilines is 1. The third-order valence-electron chi connectivity index (χ3n) is 2.38. The third-order valence-corrected chi connectivity index (χ3v) is 2.38. The first kappa shape index (κ1) is 9.77. The Balaban J connectivity index is 2.39. The SMILES string of the molecule is C/C=C(\C)Cc1nc2cc(N)ccc2o1. The van der Waals surface area contributed by atoms with Crippen molar-refractivity contribution >= 4 is 16.8 Å². The summed E-state index contributed by atoms with van der Waals surface area (Å²) in [5.74, 6) is 0.742. The first-order chi connectivity index (χ1) is 7.19. The molecule has 0 radical (unpaired) electrons. The minimum absolute atomic E-state index is 0.713. The molecule has 0 atom stereocenters. The summed E-state index contributed by atoms with van der Waals surface area (Å²) < 4.78 is 5.59. The van der Waals surface area contributed by atoms with Crippen LogP contribution in [-0.2, 0) is 6.42 Å². The molecule has 2 aromatic rings. The molecule has 0 aliphatic rings. The Bertz CT molecular complexity index is 511. The lowest BCUT2D eigenvalue weighted by atomic mass is 10.2. The van der Waals surface area contributed by atoms with E-state index in [0.29, 0.717) is 5.69 Å². The summed E-state index contributed by atoms with van der Waals surface area (Å²) in [6.45, 7) is 4.07. The van der Waals surface area contributed by atoms with E-state index in [1.807, 2.05) is 25.1 Å². The van der Waals surface area contributed by atoms with Gasteiger partial charge in [0, 0.05) is 12.1 Å². The highest BCUT2D eigenvalue weighted by Crippen LogP contribution is 2.19. The summed E-state index contributed by atoms with van der Waals surface area (Å²) in [6, 6.07) is 5.50. The van der Waals surface area contributed by atoms with Crippen LogP contribution in [0.25, 0.3) is 11.1 Å². The number of rotatable bonds is 2. The summed E-state index contributed by atoms with van der Waals surface area (Å²) in [5, 5.41) is 0. The van der Waals surface area contributed by atoms with Gasteiger partial charge < -0.3 is 10.2 Å². The fraction of sp³-hybridized carbons (Fsp3) is 0.250. The number of aromatic nitrogens is 1. The smallest absolute Gasteiger partial charge is 0.199 e. The lowest BCUT2D eigenvalue weighted by Gasteiger charge is -1.92. The maximum Gasteiger partial charge on any atom is 0.199 e. The fourth-order valence-corrected chi connectivity index (χ4v) is 1.41. The van der Waals surface area contributed by atoms with Crippen LogP contribution in [0.3, 0.4) is 0 Å². The Morgan fingerprint density at radius 3 is 3.07 bits per heavy atom. The quantitative estimate of drug-likeness (QED) is 0.601. The molecule has 1 heterocycles. The first-order valence-corrected chi connectivity index (χ1v) is 4.96. The molecule has 0 amide bonds. The van der Waals surface area contributed by atoms with Gasteiger partial charge in [-0.2, -0.15) is 0 Å². The average molecular weight is 202 g/mol. The lowest BCUT2D eigenvalue weighted by molar-refractivity contribution is 0.542. The van der Waals surface area contributed by atoms with E-state index in [2.05, 4.69) is 18.0 Å². The predicted octanol–water partition coefficient (Wildman–Crippen LogP) is 2.92.